The number of esters is 1. The molecule has 3 nitrogen and oxygen atoms in total. The Bertz CT molecular complexity index is 269. The van der Waals surface area contributed by atoms with E-state index in [2.05, 4.69) is 13.8 Å². The highest BCUT2D eigenvalue weighted by atomic mass is 16.6. The van der Waals surface area contributed by atoms with Crippen LogP contribution in [-0.2, 0) is 14.3 Å². The van der Waals surface area contributed by atoms with Crippen molar-refractivity contribution in [3.63, 3.8) is 0 Å². The van der Waals surface area contributed by atoms with Crippen molar-refractivity contribution in [2.24, 2.45) is 5.41 Å². The van der Waals surface area contributed by atoms with Gasteiger partial charge in [0.05, 0.1) is 0 Å². The monoisotopic (exact) mass is 242 g/mol. The fourth-order valence-corrected chi connectivity index (χ4v) is 2.44. The van der Waals surface area contributed by atoms with Crippen LogP contribution in [0.1, 0.15) is 60.3 Å². The number of carbonyl (C=O) groups excluding carboxylic acids is 1. The van der Waals surface area contributed by atoms with E-state index in [-0.39, 0.29) is 12.1 Å². The number of hydrogen-bond acceptors (Lipinski definition) is 3. The normalized spacial score (nSPS) is 24.4. The molecule has 100 valence electrons. The molecule has 1 fully saturated rings. The lowest BCUT2D eigenvalue weighted by atomic mass is 9.76. The quantitative estimate of drug-likeness (QED) is 0.709. The van der Waals surface area contributed by atoms with Crippen LogP contribution in [0, 0.1) is 5.41 Å². The van der Waals surface area contributed by atoms with Crippen LogP contribution < -0.4 is 0 Å². The van der Waals surface area contributed by atoms with E-state index in [1.807, 2.05) is 6.92 Å². The van der Waals surface area contributed by atoms with E-state index >= 15 is 0 Å². The van der Waals surface area contributed by atoms with Gasteiger partial charge in [0.25, 0.3) is 0 Å². The Morgan fingerprint density at radius 3 is 2.59 bits per heavy atom. The molecule has 0 saturated heterocycles. The van der Waals surface area contributed by atoms with Crippen molar-refractivity contribution in [2.75, 3.05) is 6.61 Å². The summed E-state index contributed by atoms with van der Waals surface area (Å²) < 4.78 is 11.0. The summed E-state index contributed by atoms with van der Waals surface area (Å²) in [6, 6.07) is 0. The lowest BCUT2D eigenvalue weighted by Gasteiger charge is -2.36. The second kappa shape index (κ2) is 5.38. The minimum Gasteiger partial charge on any atom is -0.460 e. The molecular weight excluding hydrogens is 216 g/mol. The summed E-state index contributed by atoms with van der Waals surface area (Å²) in [5.74, 6) is -0.234. The zero-order chi connectivity index (χ0) is 13.1. The third kappa shape index (κ3) is 4.30. The Balaban J connectivity index is 2.51. The zero-order valence-corrected chi connectivity index (χ0v) is 11.8. The van der Waals surface area contributed by atoms with Crippen LogP contribution in [0.4, 0.5) is 0 Å². The maximum Gasteiger partial charge on any atom is 0.338 e. The van der Waals surface area contributed by atoms with Crippen molar-refractivity contribution in [2.45, 2.75) is 72.0 Å². The van der Waals surface area contributed by atoms with Gasteiger partial charge in [0.1, 0.15) is 6.10 Å². The van der Waals surface area contributed by atoms with E-state index in [4.69, 9.17) is 9.47 Å². The van der Waals surface area contributed by atoms with E-state index < -0.39 is 5.60 Å². The Morgan fingerprint density at radius 1 is 1.41 bits per heavy atom. The van der Waals surface area contributed by atoms with Crippen molar-refractivity contribution in [1.82, 2.24) is 0 Å². The van der Waals surface area contributed by atoms with Crippen molar-refractivity contribution in [1.29, 1.82) is 0 Å². The molecule has 0 aromatic heterocycles. The highest BCUT2D eigenvalue weighted by Crippen LogP contribution is 2.36. The van der Waals surface area contributed by atoms with Crippen molar-refractivity contribution < 1.29 is 14.3 Å². The first-order valence-electron chi connectivity index (χ1n) is 6.62. The smallest absolute Gasteiger partial charge is 0.338 e. The predicted octanol–water partition coefficient (Wildman–Crippen LogP) is 3.31. The van der Waals surface area contributed by atoms with Gasteiger partial charge in [-0.15, -0.1) is 0 Å². The van der Waals surface area contributed by atoms with Gasteiger partial charge in [0.15, 0.2) is 5.60 Å². The van der Waals surface area contributed by atoms with Crippen LogP contribution in [0.5, 0.6) is 0 Å². The van der Waals surface area contributed by atoms with Gasteiger partial charge in [-0.25, -0.2) is 4.79 Å². The molecule has 17 heavy (non-hydrogen) atoms. The zero-order valence-electron chi connectivity index (χ0n) is 11.8. The number of hydrogen-bond donors (Lipinski definition) is 0. The molecule has 3 heteroatoms. The molecule has 0 heterocycles. The summed E-state index contributed by atoms with van der Waals surface area (Å²) in [6.07, 6.45) is 4.36. The average molecular weight is 242 g/mol. The summed E-state index contributed by atoms with van der Waals surface area (Å²) in [5, 5.41) is 0. The lowest BCUT2D eigenvalue weighted by Crippen LogP contribution is -2.40. The van der Waals surface area contributed by atoms with Gasteiger partial charge < -0.3 is 9.47 Å². The maximum absolute atomic E-state index is 12.0. The Kier molecular flexibility index (Phi) is 4.59. The summed E-state index contributed by atoms with van der Waals surface area (Å²) in [7, 11) is 0. The molecule has 0 aromatic rings. The number of carbonyl (C=O) groups is 1. The van der Waals surface area contributed by atoms with Gasteiger partial charge in [-0.3, -0.25) is 0 Å². The van der Waals surface area contributed by atoms with Gasteiger partial charge in [0.2, 0.25) is 0 Å². The SMILES string of the molecule is CCOC(C)(C)C(=O)OC1CCCC(C)(C)C1. The molecule has 0 spiro atoms. The molecule has 1 rings (SSSR count). The number of rotatable bonds is 4. The Morgan fingerprint density at radius 2 is 2.06 bits per heavy atom. The van der Waals surface area contributed by atoms with Crippen molar-refractivity contribution in [3.8, 4) is 0 Å². The minimum absolute atomic E-state index is 0.0611. The highest BCUT2D eigenvalue weighted by molar-refractivity contribution is 5.78. The van der Waals surface area contributed by atoms with Gasteiger partial charge >= 0.3 is 5.97 Å². The summed E-state index contributed by atoms with van der Waals surface area (Å²) in [4.78, 5) is 12.0. The van der Waals surface area contributed by atoms with E-state index in [0.29, 0.717) is 12.0 Å². The van der Waals surface area contributed by atoms with E-state index in [1.165, 1.54) is 6.42 Å². The molecule has 0 bridgehead atoms. The van der Waals surface area contributed by atoms with Gasteiger partial charge in [-0.2, -0.15) is 0 Å². The molecular formula is C14H26O3. The standard InChI is InChI=1S/C14H26O3/c1-6-16-14(4,5)12(15)17-11-8-7-9-13(2,3)10-11/h11H,6-10H2,1-5H3. The summed E-state index contributed by atoms with van der Waals surface area (Å²) in [6.45, 7) is 10.4. The van der Waals surface area contributed by atoms with Crippen molar-refractivity contribution >= 4 is 5.97 Å². The molecule has 1 saturated carbocycles. The molecule has 1 atom stereocenters. The summed E-state index contributed by atoms with van der Waals surface area (Å²) >= 11 is 0. The fraction of sp³-hybridized carbons (Fsp3) is 0.929. The van der Waals surface area contributed by atoms with Crippen LogP contribution >= 0.6 is 0 Å². The van der Waals surface area contributed by atoms with Gasteiger partial charge in [0, 0.05) is 6.61 Å². The Labute approximate surface area is 105 Å². The largest absolute Gasteiger partial charge is 0.460 e. The minimum atomic E-state index is -0.823. The van der Waals surface area contributed by atoms with Crippen molar-refractivity contribution in [3.05, 3.63) is 0 Å². The van der Waals surface area contributed by atoms with E-state index in [9.17, 15) is 4.79 Å². The molecule has 1 unspecified atom stereocenters. The maximum atomic E-state index is 12.0. The number of ether oxygens (including phenoxy) is 2. The molecule has 0 N–H and O–H groups in total. The van der Waals surface area contributed by atoms with Crippen LogP contribution in [0.2, 0.25) is 0 Å². The van der Waals surface area contributed by atoms with E-state index in [0.717, 1.165) is 19.3 Å². The molecule has 1 aliphatic rings. The first kappa shape index (κ1) is 14.5. The third-order valence-corrected chi connectivity index (χ3v) is 3.43. The first-order valence-corrected chi connectivity index (χ1v) is 6.62. The molecule has 0 radical (unpaired) electrons. The first-order chi connectivity index (χ1) is 7.77. The van der Waals surface area contributed by atoms with Gasteiger partial charge in [-0.05, 0) is 51.9 Å². The Hall–Kier alpha value is -0.570. The fourth-order valence-electron chi connectivity index (χ4n) is 2.44. The van der Waals surface area contributed by atoms with Crippen LogP contribution in [0.3, 0.4) is 0 Å². The molecule has 0 aromatic carbocycles. The molecule has 0 amide bonds. The third-order valence-electron chi connectivity index (χ3n) is 3.43. The van der Waals surface area contributed by atoms with Crippen LogP contribution in [0.15, 0.2) is 0 Å². The molecule has 0 aliphatic heterocycles. The van der Waals surface area contributed by atoms with Crippen LogP contribution in [-0.4, -0.2) is 24.3 Å². The highest BCUT2D eigenvalue weighted by Gasteiger charge is 2.35. The van der Waals surface area contributed by atoms with Crippen LogP contribution in [0.25, 0.3) is 0 Å². The second-order valence-corrected chi connectivity index (χ2v) is 6.23. The second-order valence-electron chi connectivity index (χ2n) is 6.23. The summed E-state index contributed by atoms with van der Waals surface area (Å²) in [5.41, 5.74) is -0.532. The predicted molar refractivity (Wildman–Crippen MR) is 67.8 cm³/mol. The topological polar surface area (TPSA) is 35.5 Å². The molecule has 1 aliphatic carbocycles. The average Bonchev–Trinajstić information content (AvgIpc) is 2.15. The lowest BCUT2D eigenvalue weighted by molar-refractivity contribution is -0.176. The van der Waals surface area contributed by atoms with E-state index in [1.54, 1.807) is 13.8 Å². The van der Waals surface area contributed by atoms with Gasteiger partial charge in [-0.1, -0.05) is 13.8 Å².